The van der Waals surface area contributed by atoms with E-state index in [9.17, 15) is 23.3 Å². The van der Waals surface area contributed by atoms with Gasteiger partial charge in [-0.25, -0.2) is 18.1 Å². The fourth-order valence-electron chi connectivity index (χ4n) is 4.25. The number of carbonyl (C=O) groups is 2. The molecule has 0 bridgehead atoms. The summed E-state index contributed by atoms with van der Waals surface area (Å²) < 4.78 is 42.8. The molecule has 44 heavy (non-hydrogen) atoms. The Kier molecular flexibility index (Phi) is 10.1. The Labute approximate surface area is 259 Å². The summed E-state index contributed by atoms with van der Waals surface area (Å²) in [5, 5.41) is 13.3. The zero-order chi connectivity index (χ0) is 31.9. The molecule has 0 aliphatic carbocycles. The topological polar surface area (TPSA) is 157 Å². The van der Waals surface area contributed by atoms with Gasteiger partial charge < -0.3 is 19.5 Å². The number of nitrogens with zero attached hydrogens (tertiary/aromatic N) is 2. The molecule has 0 saturated heterocycles. The summed E-state index contributed by atoms with van der Waals surface area (Å²) in [6.07, 6.45) is 0. The molecule has 0 unspecified atom stereocenters. The first-order chi connectivity index (χ1) is 21.1. The van der Waals surface area contributed by atoms with Gasteiger partial charge in [0.2, 0.25) is 17.6 Å². The van der Waals surface area contributed by atoms with Crippen LogP contribution < -0.4 is 24.2 Å². The first kappa shape index (κ1) is 31.9. The number of pyridine rings is 1. The van der Waals surface area contributed by atoms with Crippen LogP contribution in [0, 0.1) is 11.3 Å². The number of methoxy groups -OCH3 is 3. The zero-order valence-corrected chi connectivity index (χ0v) is 25.8. The summed E-state index contributed by atoms with van der Waals surface area (Å²) in [7, 11) is 0.506. The van der Waals surface area contributed by atoms with Crippen molar-refractivity contribution in [3.05, 3.63) is 78.4 Å². The second-order valence-corrected chi connectivity index (χ2v) is 11.8. The molecule has 2 N–H and O–H groups in total. The highest BCUT2D eigenvalue weighted by molar-refractivity contribution is 8.00. The van der Waals surface area contributed by atoms with Crippen molar-refractivity contribution in [2.45, 2.75) is 16.8 Å². The van der Waals surface area contributed by atoms with Gasteiger partial charge in [0.05, 0.1) is 43.2 Å². The molecule has 4 rings (SSSR count). The van der Waals surface area contributed by atoms with Crippen molar-refractivity contribution >= 4 is 39.3 Å². The minimum Gasteiger partial charge on any atom is -0.493 e. The van der Waals surface area contributed by atoms with Gasteiger partial charge in [0.25, 0.3) is 10.0 Å². The van der Waals surface area contributed by atoms with Crippen molar-refractivity contribution in [3.8, 4) is 45.7 Å². The third kappa shape index (κ3) is 7.28. The van der Waals surface area contributed by atoms with Crippen LogP contribution in [0.3, 0.4) is 0 Å². The zero-order valence-electron chi connectivity index (χ0n) is 24.2. The van der Waals surface area contributed by atoms with Gasteiger partial charge >= 0.3 is 0 Å². The number of nitriles is 1. The van der Waals surface area contributed by atoms with E-state index in [4.69, 9.17) is 19.2 Å². The number of aromatic nitrogens is 1. The second kappa shape index (κ2) is 13.9. The van der Waals surface area contributed by atoms with Gasteiger partial charge in [-0.3, -0.25) is 9.59 Å². The summed E-state index contributed by atoms with van der Waals surface area (Å²) in [6.45, 7) is 1.10. The number of carbonyl (C=O) groups excluding carboxylic acids is 2. The number of hydrogen-bond donors (Lipinski definition) is 2. The minimum absolute atomic E-state index is 0.0967. The lowest BCUT2D eigenvalue weighted by Gasteiger charge is -2.16. The highest BCUT2D eigenvalue weighted by Gasteiger charge is 2.21. The van der Waals surface area contributed by atoms with Gasteiger partial charge in [0, 0.05) is 23.7 Å². The van der Waals surface area contributed by atoms with E-state index >= 15 is 0 Å². The van der Waals surface area contributed by atoms with Crippen LogP contribution in [0.5, 0.6) is 17.2 Å². The third-order valence-electron chi connectivity index (χ3n) is 6.21. The highest BCUT2D eigenvalue weighted by atomic mass is 32.2. The van der Waals surface area contributed by atoms with Crippen LogP contribution in [0.4, 0.5) is 5.69 Å². The van der Waals surface area contributed by atoms with E-state index in [1.807, 2.05) is 35.1 Å². The highest BCUT2D eigenvalue weighted by Crippen LogP contribution is 2.43. The van der Waals surface area contributed by atoms with E-state index in [0.717, 1.165) is 24.2 Å². The van der Waals surface area contributed by atoms with E-state index in [2.05, 4.69) is 11.4 Å². The predicted octanol–water partition coefficient (Wildman–Crippen LogP) is 4.87. The number of sulfonamides is 1. The number of amides is 2. The lowest BCUT2D eigenvalue weighted by Crippen LogP contribution is -2.28. The van der Waals surface area contributed by atoms with Crippen LogP contribution in [0.2, 0.25) is 0 Å². The molecule has 0 atom stereocenters. The molecule has 0 aliphatic heterocycles. The SMILES string of the molecule is COc1cc(-c2cc(-c3ccccc3)nc(SCC(=O)Nc3ccc(S(=O)(=O)NC(C)=O)cc3)c2C#N)cc(OC)c1OC. The summed E-state index contributed by atoms with van der Waals surface area (Å²) in [4.78, 5) is 28.7. The fraction of sp³-hybridized carbons (Fsp3) is 0.161. The van der Waals surface area contributed by atoms with Gasteiger partial charge in [-0.15, -0.1) is 0 Å². The molecular formula is C31H28N4O7S2. The monoisotopic (exact) mass is 632 g/mol. The quantitative estimate of drug-likeness (QED) is 0.219. The molecule has 1 heterocycles. The smallest absolute Gasteiger partial charge is 0.264 e. The summed E-state index contributed by atoms with van der Waals surface area (Å²) in [5.74, 6) is 0.0101. The lowest BCUT2D eigenvalue weighted by atomic mass is 9.98. The van der Waals surface area contributed by atoms with Crippen molar-refractivity contribution in [2.75, 3.05) is 32.4 Å². The Balaban J connectivity index is 1.67. The van der Waals surface area contributed by atoms with Gasteiger partial charge in [0.1, 0.15) is 11.1 Å². The molecule has 0 spiro atoms. The molecule has 0 fully saturated rings. The number of anilines is 1. The Morgan fingerprint density at radius 3 is 2.09 bits per heavy atom. The molecule has 1 aromatic heterocycles. The molecule has 3 aromatic carbocycles. The molecular weight excluding hydrogens is 604 g/mol. The van der Waals surface area contributed by atoms with Crippen molar-refractivity contribution < 1.29 is 32.2 Å². The van der Waals surface area contributed by atoms with E-state index in [0.29, 0.717) is 44.8 Å². The van der Waals surface area contributed by atoms with Crippen molar-refractivity contribution in [2.24, 2.45) is 0 Å². The van der Waals surface area contributed by atoms with Crippen molar-refractivity contribution in [1.82, 2.24) is 9.71 Å². The minimum atomic E-state index is -4.00. The number of benzene rings is 3. The summed E-state index contributed by atoms with van der Waals surface area (Å²) in [6, 6.07) is 22.3. The predicted molar refractivity (Wildman–Crippen MR) is 166 cm³/mol. The Morgan fingerprint density at radius 2 is 1.55 bits per heavy atom. The largest absolute Gasteiger partial charge is 0.493 e. The standard InChI is InChI=1S/C31H28N4O7S2/c1-19(36)35-44(38,39)23-12-10-22(11-13-23)33-29(37)18-43-31-25(17-32)24(16-26(34-31)20-8-6-5-7-9-20)21-14-27(40-2)30(42-4)28(15-21)41-3/h5-16H,18H2,1-4H3,(H,33,37)(H,35,36). The Morgan fingerprint density at radius 1 is 0.909 bits per heavy atom. The average Bonchev–Trinajstić information content (AvgIpc) is 3.02. The molecule has 11 nitrogen and oxygen atoms in total. The first-order valence-corrected chi connectivity index (χ1v) is 15.4. The van der Waals surface area contributed by atoms with Crippen LogP contribution in [0.25, 0.3) is 22.4 Å². The number of thioether (sulfide) groups is 1. The first-order valence-electron chi connectivity index (χ1n) is 13.0. The number of rotatable bonds is 11. The maximum Gasteiger partial charge on any atom is 0.264 e. The second-order valence-electron chi connectivity index (χ2n) is 9.15. The summed E-state index contributed by atoms with van der Waals surface area (Å²) >= 11 is 1.08. The molecule has 0 radical (unpaired) electrons. The van der Waals surface area contributed by atoms with E-state index < -0.39 is 21.8 Å². The number of ether oxygens (including phenoxy) is 3. The summed E-state index contributed by atoms with van der Waals surface area (Å²) in [5.41, 5.74) is 3.18. The molecule has 0 saturated carbocycles. The maximum absolute atomic E-state index is 12.9. The molecule has 13 heteroatoms. The third-order valence-corrected chi connectivity index (χ3v) is 8.63. The normalized spacial score (nSPS) is 10.8. The van der Waals surface area contributed by atoms with Crippen LogP contribution in [0.1, 0.15) is 12.5 Å². The number of nitrogens with one attached hydrogen (secondary N) is 2. The van der Waals surface area contributed by atoms with Gasteiger partial charge in [-0.1, -0.05) is 42.1 Å². The van der Waals surface area contributed by atoms with E-state index in [1.54, 1.807) is 18.2 Å². The number of hydrogen-bond acceptors (Lipinski definition) is 10. The lowest BCUT2D eigenvalue weighted by molar-refractivity contribution is -0.117. The molecule has 0 aliphatic rings. The van der Waals surface area contributed by atoms with Crippen molar-refractivity contribution in [3.63, 3.8) is 0 Å². The van der Waals surface area contributed by atoms with Crippen LogP contribution in [-0.2, 0) is 19.6 Å². The molecule has 226 valence electrons. The molecule has 4 aromatic rings. The van der Waals surface area contributed by atoms with Crippen molar-refractivity contribution in [1.29, 1.82) is 5.26 Å². The van der Waals surface area contributed by atoms with E-state index in [-0.39, 0.29) is 16.2 Å². The van der Waals surface area contributed by atoms with E-state index in [1.165, 1.54) is 45.6 Å². The van der Waals surface area contributed by atoms with Gasteiger partial charge in [-0.05, 0) is 48.0 Å². The fourth-order valence-corrected chi connectivity index (χ4v) is 6.05. The van der Waals surface area contributed by atoms with Crippen LogP contribution in [-0.4, -0.2) is 52.3 Å². The van der Waals surface area contributed by atoms with Gasteiger partial charge in [0.15, 0.2) is 11.5 Å². The average molecular weight is 633 g/mol. The van der Waals surface area contributed by atoms with Crippen LogP contribution >= 0.6 is 11.8 Å². The van der Waals surface area contributed by atoms with Crippen LogP contribution in [0.15, 0.2) is 82.7 Å². The molecule has 2 amide bonds. The Bertz CT molecular complexity index is 1810. The Hall–Kier alpha value is -5.06. The maximum atomic E-state index is 12.9. The van der Waals surface area contributed by atoms with Gasteiger partial charge in [-0.2, -0.15) is 5.26 Å².